The molecule has 0 bridgehead atoms. The van der Waals surface area contributed by atoms with E-state index >= 15 is 0 Å². The summed E-state index contributed by atoms with van der Waals surface area (Å²) in [7, 11) is 1.64. The summed E-state index contributed by atoms with van der Waals surface area (Å²) in [6.45, 7) is 0. The van der Waals surface area contributed by atoms with E-state index in [0.29, 0.717) is 5.02 Å². The Hall–Kier alpha value is -0.550. The Kier molecular flexibility index (Phi) is 2.78. The summed E-state index contributed by atoms with van der Waals surface area (Å²) in [5.74, 6) is 0.783. The van der Waals surface area contributed by atoms with Gasteiger partial charge in [0.25, 0.3) is 0 Å². The Morgan fingerprint density at radius 3 is 3.00 bits per heavy atom. The van der Waals surface area contributed by atoms with Crippen LogP contribution in [0.3, 0.4) is 0 Å². The standard InChI is InChI=1S/C10H7ClINO/c1-14-10-8(12)5-7(11)6-3-2-4-13-9(6)10/h2-5H,1H3/i1-1. The summed E-state index contributed by atoms with van der Waals surface area (Å²) in [6, 6.07) is 5.68. The largest absolute Gasteiger partial charge is 0.493 e. The van der Waals surface area contributed by atoms with Crippen molar-refractivity contribution in [1.82, 2.24) is 4.98 Å². The molecule has 0 saturated heterocycles. The number of pyridine rings is 1. The lowest BCUT2D eigenvalue weighted by Crippen LogP contribution is -1.91. The molecule has 1 aromatic carbocycles. The molecule has 0 fully saturated rings. The van der Waals surface area contributed by atoms with E-state index in [0.717, 1.165) is 20.2 Å². The van der Waals surface area contributed by atoms with Gasteiger partial charge in [0.05, 0.1) is 15.7 Å². The number of ether oxygens (including phenoxy) is 1. The molecule has 2 aromatic rings. The molecule has 1 aromatic heterocycles. The molecule has 2 nitrogen and oxygen atoms in total. The Morgan fingerprint density at radius 1 is 1.50 bits per heavy atom. The highest BCUT2D eigenvalue weighted by molar-refractivity contribution is 14.1. The number of rotatable bonds is 1. The van der Waals surface area contributed by atoms with Crippen molar-refractivity contribution in [2.75, 3.05) is 7.11 Å². The van der Waals surface area contributed by atoms with E-state index in [9.17, 15) is 0 Å². The van der Waals surface area contributed by atoms with Crippen molar-refractivity contribution >= 4 is 45.1 Å². The van der Waals surface area contributed by atoms with Crippen molar-refractivity contribution in [3.8, 4) is 5.75 Å². The van der Waals surface area contributed by atoms with Gasteiger partial charge in [-0.25, -0.2) is 0 Å². The van der Waals surface area contributed by atoms with Crippen LogP contribution in [-0.4, -0.2) is 12.1 Å². The topological polar surface area (TPSA) is 22.1 Å². The zero-order valence-electron chi connectivity index (χ0n) is 7.42. The minimum absolute atomic E-state index is 0.707. The summed E-state index contributed by atoms with van der Waals surface area (Å²) in [5, 5.41) is 1.63. The summed E-state index contributed by atoms with van der Waals surface area (Å²) in [5.41, 5.74) is 0.812. The van der Waals surface area contributed by atoms with Crippen LogP contribution in [0.15, 0.2) is 24.4 Å². The van der Waals surface area contributed by atoms with E-state index in [2.05, 4.69) is 27.6 Å². The molecule has 4 heteroatoms. The first-order valence-corrected chi connectivity index (χ1v) is 5.46. The van der Waals surface area contributed by atoms with Gasteiger partial charge in [-0.15, -0.1) is 0 Å². The molecule has 0 amide bonds. The molecule has 14 heavy (non-hydrogen) atoms. The minimum atomic E-state index is 0.707. The van der Waals surface area contributed by atoms with Gasteiger partial charge in [-0.05, 0) is 40.8 Å². The molecule has 2 rings (SSSR count). The molecule has 0 atom stereocenters. The number of hydrogen-bond donors (Lipinski definition) is 0. The van der Waals surface area contributed by atoms with E-state index in [4.69, 9.17) is 16.3 Å². The summed E-state index contributed by atoms with van der Waals surface area (Å²) < 4.78 is 6.26. The highest BCUT2D eigenvalue weighted by atomic mass is 127. The molecule has 0 aliphatic carbocycles. The van der Waals surface area contributed by atoms with Crippen LogP contribution in [-0.2, 0) is 0 Å². The van der Waals surface area contributed by atoms with Crippen LogP contribution in [0.25, 0.3) is 10.9 Å². The lowest BCUT2D eigenvalue weighted by atomic mass is 10.2. The number of benzene rings is 1. The van der Waals surface area contributed by atoms with Crippen molar-refractivity contribution in [3.05, 3.63) is 33.0 Å². The quantitative estimate of drug-likeness (QED) is 0.751. The van der Waals surface area contributed by atoms with Crippen LogP contribution in [0.5, 0.6) is 5.75 Å². The van der Waals surface area contributed by atoms with E-state index in [1.807, 2.05) is 18.2 Å². The van der Waals surface area contributed by atoms with Crippen molar-refractivity contribution in [1.29, 1.82) is 0 Å². The number of halogens is 2. The van der Waals surface area contributed by atoms with Crippen LogP contribution in [0.2, 0.25) is 5.02 Å². The number of fused-ring (bicyclic) bond motifs is 1. The Bertz CT molecular complexity index is 487. The summed E-state index contributed by atoms with van der Waals surface area (Å²) in [6.07, 6.45) is 1.73. The van der Waals surface area contributed by atoms with Crippen LogP contribution < -0.4 is 4.74 Å². The first-order valence-electron chi connectivity index (χ1n) is 4.00. The van der Waals surface area contributed by atoms with E-state index in [1.54, 1.807) is 13.3 Å². The molecule has 72 valence electrons. The maximum Gasteiger partial charge on any atom is 0.158 e. The van der Waals surface area contributed by atoms with Crippen LogP contribution in [0.1, 0.15) is 0 Å². The zero-order valence-corrected chi connectivity index (χ0v) is 10.3. The van der Waals surface area contributed by atoms with Crippen LogP contribution >= 0.6 is 34.2 Å². The summed E-state index contributed by atoms with van der Waals surface area (Å²) in [4.78, 5) is 4.26. The Balaban J connectivity index is 2.90. The van der Waals surface area contributed by atoms with Gasteiger partial charge in [0.1, 0.15) is 5.52 Å². The Morgan fingerprint density at radius 2 is 2.29 bits per heavy atom. The molecular weight excluding hydrogens is 311 g/mol. The van der Waals surface area contributed by atoms with Crippen molar-refractivity contribution in [2.24, 2.45) is 0 Å². The van der Waals surface area contributed by atoms with Gasteiger partial charge in [-0.1, -0.05) is 11.6 Å². The Labute approximate surface area is 100 Å². The van der Waals surface area contributed by atoms with Crippen molar-refractivity contribution in [3.63, 3.8) is 0 Å². The zero-order chi connectivity index (χ0) is 10.1. The number of nitrogens with zero attached hydrogens (tertiary/aromatic N) is 1. The van der Waals surface area contributed by atoms with Gasteiger partial charge in [-0.3, -0.25) is 4.98 Å². The van der Waals surface area contributed by atoms with Gasteiger partial charge in [0.15, 0.2) is 5.75 Å². The third-order valence-corrected chi connectivity index (χ3v) is 3.07. The number of hydrogen-bond acceptors (Lipinski definition) is 2. The van der Waals surface area contributed by atoms with E-state index in [1.165, 1.54) is 0 Å². The first kappa shape index (κ1) is 9.98. The maximum atomic E-state index is 6.09. The second kappa shape index (κ2) is 3.90. The molecule has 0 aliphatic rings. The van der Waals surface area contributed by atoms with Gasteiger partial charge in [0.2, 0.25) is 0 Å². The van der Waals surface area contributed by atoms with Gasteiger partial charge in [0, 0.05) is 11.6 Å². The smallest absolute Gasteiger partial charge is 0.158 e. The van der Waals surface area contributed by atoms with E-state index in [-0.39, 0.29) is 0 Å². The molecule has 1 heterocycles. The normalized spacial score (nSPS) is 10.5. The fourth-order valence-corrected chi connectivity index (χ4v) is 2.57. The third-order valence-electron chi connectivity index (χ3n) is 1.95. The molecule has 0 unspecified atom stereocenters. The van der Waals surface area contributed by atoms with Gasteiger partial charge < -0.3 is 4.74 Å². The second-order valence-corrected chi connectivity index (χ2v) is 4.34. The lowest BCUT2D eigenvalue weighted by Gasteiger charge is -2.07. The molecule has 0 N–H and O–H groups in total. The number of aromatic nitrogens is 1. The van der Waals surface area contributed by atoms with Gasteiger partial charge >= 0.3 is 0 Å². The predicted molar refractivity (Wildman–Crippen MR) is 66.0 cm³/mol. The first-order chi connectivity index (χ1) is 6.74. The van der Waals surface area contributed by atoms with Crippen LogP contribution in [0.4, 0.5) is 0 Å². The van der Waals surface area contributed by atoms with Gasteiger partial charge in [-0.2, -0.15) is 0 Å². The molecule has 0 spiro atoms. The third kappa shape index (κ3) is 1.54. The highest BCUT2D eigenvalue weighted by Gasteiger charge is 2.10. The molecular formula is C10H7ClINO. The maximum absolute atomic E-state index is 6.09. The average molecular weight is 319 g/mol. The van der Waals surface area contributed by atoms with Crippen molar-refractivity contribution < 1.29 is 4.74 Å². The highest BCUT2D eigenvalue weighted by Crippen LogP contribution is 2.34. The SMILES string of the molecule is [11CH3]Oc1c(I)cc(Cl)c2cccnc12. The molecule has 0 radical (unpaired) electrons. The fraction of sp³-hybridized carbons (Fsp3) is 0.100. The predicted octanol–water partition coefficient (Wildman–Crippen LogP) is 3.50. The van der Waals surface area contributed by atoms with Crippen LogP contribution in [0, 0.1) is 3.57 Å². The second-order valence-electron chi connectivity index (χ2n) is 2.77. The fourth-order valence-electron chi connectivity index (χ4n) is 1.34. The average Bonchev–Trinajstić information content (AvgIpc) is 2.18. The number of methoxy groups -OCH3 is 1. The molecule has 0 saturated carbocycles. The monoisotopic (exact) mass is 318 g/mol. The lowest BCUT2D eigenvalue weighted by molar-refractivity contribution is 0.416. The van der Waals surface area contributed by atoms with E-state index < -0.39 is 0 Å². The molecule has 0 aliphatic heterocycles. The summed E-state index contributed by atoms with van der Waals surface area (Å²) >= 11 is 8.28. The van der Waals surface area contributed by atoms with Crippen molar-refractivity contribution in [2.45, 2.75) is 0 Å². The minimum Gasteiger partial charge on any atom is -0.493 e.